The third-order valence-electron chi connectivity index (χ3n) is 3.21. The van der Waals surface area contributed by atoms with Crippen molar-refractivity contribution in [2.45, 2.75) is 38.8 Å². The van der Waals surface area contributed by atoms with Gasteiger partial charge in [0, 0.05) is 13.1 Å². The van der Waals surface area contributed by atoms with Crippen molar-refractivity contribution in [1.29, 1.82) is 0 Å². The Kier molecular flexibility index (Phi) is 5.08. The summed E-state index contributed by atoms with van der Waals surface area (Å²) in [6.45, 7) is 5.57. The number of carbonyl (C=O) groups is 2. The lowest BCUT2D eigenvalue weighted by atomic mass is 9.90. The topological polar surface area (TPSA) is 46.6 Å². The predicted molar refractivity (Wildman–Crippen MR) is 73.7 cm³/mol. The van der Waals surface area contributed by atoms with Crippen molar-refractivity contribution >= 4 is 12.4 Å². The maximum atomic E-state index is 14.0. The van der Waals surface area contributed by atoms with Gasteiger partial charge in [0.05, 0.1) is 5.56 Å². The van der Waals surface area contributed by atoms with Crippen molar-refractivity contribution in [3.8, 4) is 0 Å². The lowest BCUT2D eigenvalue weighted by Crippen LogP contribution is -2.49. The molecule has 0 bridgehead atoms. The van der Waals surface area contributed by atoms with Crippen LogP contribution in [-0.2, 0) is 15.1 Å². The monoisotopic (exact) mass is 335 g/mol. The second kappa shape index (κ2) is 6.17. The van der Waals surface area contributed by atoms with Gasteiger partial charge in [-0.05, 0) is 27.7 Å². The normalized spacial score (nSPS) is 14.1. The number of amides is 1. The summed E-state index contributed by atoms with van der Waals surface area (Å²) in [6.07, 6.45) is -1.08. The van der Waals surface area contributed by atoms with E-state index in [1.165, 1.54) is 0 Å². The van der Waals surface area contributed by atoms with E-state index < -0.39 is 46.1 Å². The van der Waals surface area contributed by atoms with Gasteiger partial charge < -0.3 is 9.53 Å². The van der Waals surface area contributed by atoms with Gasteiger partial charge in [-0.2, -0.15) is 0 Å². The second-order valence-electron chi connectivity index (χ2n) is 6.15. The van der Waals surface area contributed by atoms with E-state index >= 15 is 0 Å². The summed E-state index contributed by atoms with van der Waals surface area (Å²) in [5.74, 6) is -6.86. The van der Waals surface area contributed by atoms with Crippen LogP contribution in [0.25, 0.3) is 0 Å². The lowest BCUT2D eigenvalue weighted by Gasteiger charge is -2.36. The van der Waals surface area contributed by atoms with E-state index in [1.807, 2.05) is 0 Å². The Hall–Kier alpha value is -2.12. The van der Waals surface area contributed by atoms with Gasteiger partial charge >= 0.3 is 6.09 Å². The summed E-state index contributed by atoms with van der Waals surface area (Å²) in [7, 11) is 1.03. The smallest absolute Gasteiger partial charge is 0.411 e. The highest BCUT2D eigenvalue weighted by atomic mass is 19.2. The van der Waals surface area contributed by atoms with E-state index in [0.717, 1.165) is 14.0 Å². The first-order chi connectivity index (χ1) is 10.3. The summed E-state index contributed by atoms with van der Waals surface area (Å²) in [6, 6.07) is 0.0207. The minimum Gasteiger partial charge on any atom is -0.444 e. The first kappa shape index (κ1) is 18.9. The van der Waals surface area contributed by atoms with Crippen molar-refractivity contribution in [2.75, 3.05) is 7.05 Å². The molecule has 1 amide bonds. The molecule has 1 aromatic rings. The second-order valence-corrected chi connectivity index (χ2v) is 6.15. The molecule has 1 rings (SSSR count). The molecule has 0 N–H and O–H groups in total. The molecule has 23 heavy (non-hydrogen) atoms. The molecule has 0 fully saturated rings. The summed E-state index contributed by atoms with van der Waals surface area (Å²) in [5.41, 5.74) is -4.46. The highest BCUT2D eigenvalue weighted by molar-refractivity contribution is 5.78. The Morgan fingerprint density at radius 3 is 1.87 bits per heavy atom. The molecule has 0 aliphatic rings. The number of halogens is 4. The zero-order valence-corrected chi connectivity index (χ0v) is 13.3. The Morgan fingerprint density at radius 1 is 1.09 bits per heavy atom. The SMILES string of the molecule is CN(C(=O)OC(C)(C)C)C(C)(C=O)c1c(F)c(F)cc(F)c1F. The van der Waals surface area contributed by atoms with Crippen molar-refractivity contribution in [2.24, 2.45) is 0 Å². The van der Waals surface area contributed by atoms with Gasteiger partial charge in [-0.3, -0.25) is 4.90 Å². The van der Waals surface area contributed by atoms with Gasteiger partial charge in [0.1, 0.15) is 17.4 Å². The number of hydrogen-bond donors (Lipinski definition) is 0. The number of carbonyl (C=O) groups excluding carboxylic acids is 2. The van der Waals surface area contributed by atoms with Gasteiger partial charge in [-0.25, -0.2) is 22.4 Å². The van der Waals surface area contributed by atoms with E-state index in [0.29, 0.717) is 4.90 Å². The molecule has 1 unspecified atom stereocenters. The lowest BCUT2D eigenvalue weighted by molar-refractivity contribution is -0.117. The third-order valence-corrected chi connectivity index (χ3v) is 3.21. The zero-order valence-electron chi connectivity index (χ0n) is 13.3. The van der Waals surface area contributed by atoms with E-state index in [2.05, 4.69) is 0 Å². The fourth-order valence-electron chi connectivity index (χ4n) is 1.84. The quantitative estimate of drug-likeness (QED) is 0.482. The first-order valence-corrected chi connectivity index (χ1v) is 6.61. The van der Waals surface area contributed by atoms with E-state index in [4.69, 9.17) is 4.74 Å². The zero-order chi connectivity index (χ0) is 18.2. The fourth-order valence-corrected chi connectivity index (χ4v) is 1.84. The maximum absolute atomic E-state index is 14.0. The molecule has 0 aliphatic heterocycles. The average Bonchev–Trinajstić information content (AvgIpc) is 2.42. The summed E-state index contributed by atoms with van der Waals surface area (Å²) in [4.78, 5) is 24.1. The molecular weight excluding hydrogens is 318 g/mol. The van der Waals surface area contributed by atoms with Crippen molar-refractivity contribution in [3.63, 3.8) is 0 Å². The molecule has 0 radical (unpaired) electrons. The molecule has 1 aromatic carbocycles. The van der Waals surface area contributed by atoms with Crippen molar-refractivity contribution in [1.82, 2.24) is 4.90 Å². The minimum atomic E-state index is -2.31. The fraction of sp³-hybridized carbons (Fsp3) is 0.467. The summed E-state index contributed by atoms with van der Waals surface area (Å²) < 4.78 is 59.7. The van der Waals surface area contributed by atoms with Crippen molar-refractivity contribution in [3.05, 3.63) is 34.9 Å². The van der Waals surface area contributed by atoms with Gasteiger partial charge in [0.15, 0.2) is 23.3 Å². The predicted octanol–water partition coefficient (Wildman–Crippen LogP) is 3.52. The van der Waals surface area contributed by atoms with Crippen LogP contribution in [0.1, 0.15) is 33.3 Å². The number of ether oxygens (including phenoxy) is 1. The van der Waals surface area contributed by atoms with Crippen LogP contribution in [0.4, 0.5) is 22.4 Å². The molecule has 0 saturated carbocycles. The average molecular weight is 335 g/mol. The number of likely N-dealkylation sites (N-methyl/N-ethyl adjacent to an activating group) is 1. The Morgan fingerprint density at radius 2 is 1.52 bits per heavy atom. The molecule has 0 aromatic heterocycles. The third kappa shape index (κ3) is 3.62. The van der Waals surface area contributed by atoms with E-state index in [-0.39, 0.29) is 12.4 Å². The molecule has 0 heterocycles. The van der Waals surface area contributed by atoms with E-state index in [9.17, 15) is 27.2 Å². The molecule has 0 spiro atoms. The van der Waals surface area contributed by atoms with Gasteiger partial charge in [0.25, 0.3) is 0 Å². The molecule has 1 atom stereocenters. The number of aldehydes is 1. The number of benzene rings is 1. The molecular formula is C15H17F4NO3. The summed E-state index contributed by atoms with van der Waals surface area (Å²) >= 11 is 0. The minimum absolute atomic E-state index is 0.0112. The van der Waals surface area contributed by atoms with Crippen LogP contribution in [0.3, 0.4) is 0 Å². The molecule has 128 valence electrons. The van der Waals surface area contributed by atoms with Crippen LogP contribution >= 0.6 is 0 Å². The van der Waals surface area contributed by atoms with Crippen LogP contribution < -0.4 is 0 Å². The summed E-state index contributed by atoms with van der Waals surface area (Å²) in [5, 5.41) is 0. The number of rotatable bonds is 3. The Balaban J connectivity index is 3.47. The Bertz CT molecular complexity index is 616. The number of hydrogen-bond acceptors (Lipinski definition) is 3. The highest BCUT2D eigenvalue weighted by Crippen LogP contribution is 2.33. The van der Waals surface area contributed by atoms with Gasteiger partial charge in [0.2, 0.25) is 0 Å². The van der Waals surface area contributed by atoms with Crippen LogP contribution in [0.15, 0.2) is 6.07 Å². The number of nitrogens with zero attached hydrogens (tertiary/aromatic N) is 1. The van der Waals surface area contributed by atoms with E-state index in [1.54, 1.807) is 20.8 Å². The first-order valence-electron chi connectivity index (χ1n) is 6.61. The standard InChI is InChI=1S/C15H17F4NO3/c1-14(2,3)23-13(22)20(5)15(4,7-21)10-11(18)8(16)6-9(17)12(10)19/h6-7H,1-5H3. The van der Waals surface area contributed by atoms with Crippen LogP contribution in [-0.4, -0.2) is 29.9 Å². The largest absolute Gasteiger partial charge is 0.444 e. The molecule has 0 aliphatic carbocycles. The van der Waals surface area contributed by atoms with Gasteiger partial charge in [-0.15, -0.1) is 0 Å². The van der Waals surface area contributed by atoms with Crippen LogP contribution in [0.5, 0.6) is 0 Å². The van der Waals surface area contributed by atoms with Crippen molar-refractivity contribution < 1.29 is 31.9 Å². The molecule has 4 nitrogen and oxygen atoms in total. The van der Waals surface area contributed by atoms with Crippen LogP contribution in [0, 0.1) is 23.3 Å². The van der Waals surface area contributed by atoms with Crippen LogP contribution in [0.2, 0.25) is 0 Å². The molecule has 0 saturated heterocycles. The maximum Gasteiger partial charge on any atom is 0.411 e. The van der Waals surface area contributed by atoms with Gasteiger partial charge in [-0.1, -0.05) is 0 Å². The molecule has 8 heteroatoms. The Labute approximate surface area is 131 Å². The highest BCUT2D eigenvalue weighted by Gasteiger charge is 2.42.